The van der Waals surface area contributed by atoms with E-state index in [1.54, 1.807) is 13.3 Å². The van der Waals surface area contributed by atoms with E-state index in [0.29, 0.717) is 43.8 Å². The lowest BCUT2D eigenvalue weighted by Crippen LogP contribution is -2.37. The minimum atomic E-state index is -1.21. The van der Waals surface area contributed by atoms with Crippen molar-refractivity contribution in [3.63, 3.8) is 0 Å². The number of fused-ring (bicyclic) bond motifs is 1. The summed E-state index contributed by atoms with van der Waals surface area (Å²) in [6.07, 6.45) is 9.68. The van der Waals surface area contributed by atoms with Crippen molar-refractivity contribution >= 4 is 44.8 Å². The molecule has 1 saturated heterocycles. The Hall–Kier alpha value is -3.18. The number of ether oxygens (including phenoxy) is 3. The molecule has 1 N–H and O–H groups in total. The Balaban J connectivity index is 1.34. The summed E-state index contributed by atoms with van der Waals surface area (Å²) >= 11 is 0. The third kappa shape index (κ3) is 9.42. The number of anilines is 3. The van der Waals surface area contributed by atoms with Gasteiger partial charge in [0.15, 0.2) is 0 Å². The first-order valence-corrected chi connectivity index (χ1v) is 23.3. The van der Waals surface area contributed by atoms with Gasteiger partial charge in [0.05, 0.1) is 35.1 Å². The molecule has 244 valence electrons. The number of rotatable bonds is 15. The molecular formula is C31H49N9O3Si2. The fraction of sp³-hybridized carbons (Fsp3) is 0.581. The molecule has 0 unspecified atom stereocenters. The molecule has 0 aromatic carbocycles. The molecule has 0 radical (unpaired) electrons. The van der Waals surface area contributed by atoms with Crippen LogP contribution >= 0.6 is 0 Å². The fourth-order valence-corrected chi connectivity index (χ4v) is 6.57. The second kappa shape index (κ2) is 14.5. The van der Waals surface area contributed by atoms with Crippen LogP contribution in [0.3, 0.4) is 0 Å². The predicted octanol–water partition coefficient (Wildman–Crippen LogP) is 6.07. The Kier molecular flexibility index (Phi) is 10.7. The van der Waals surface area contributed by atoms with Gasteiger partial charge in [0.2, 0.25) is 5.95 Å². The van der Waals surface area contributed by atoms with Crippen molar-refractivity contribution < 1.29 is 14.2 Å². The fourth-order valence-electron chi connectivity index (χ4n) is 5.06. The molecule has 0 spiro atoms. The number of pyridine rings is 1. The van der Waals surface area contributed by atoms with E-state index in [-0.39, 0.29) is 0 Å². The summed E-state index contributed by atoms with van der Waals surface area (Å²) in [6, 6.07) is 6.03. The number of nitrogens with one attached hydrogen (secondary N) is 1. The maximum absolute atomic E-state index is 6.19. The molecule has 14 heteroatoms. The summed E-state index contributed by atoms with van der Waals surface area (Å²) in [4.78, 5) is 21.2. The molecule has 1 aliphatic rings. The number of imidazole rings is 1. The number of piperidine rings is 1. The van der Waals surface area contributed by atoms with Gasteiger partial charge in [-0.25, -0.2) is 19.6 Å². The van der Waals surface area contributed by atoms with Crippen molar-refractivity contribution in [1.82, 2.24) is 34.3 Å². The SMILES string of the molecule is COC1CCN(c2nccc(Nc3cc4nc(-c5cnn(COCC[Si](C)(C)C)c5)n(COCC[Si](C)(C)C)c4cn3)n2)CC1. The van der Waals surface area contributed by atoms with Crippen LogP contribution in [0.5, 0.6) is 0 Å². The van der Waals surface area contributed by atoms with E-state index in [9.17, 15) is 0 Å². The zero-order valence-corrected chi connectivity index (χ0v) is 29.9. The van der Waals surface area contributed by atoms with Gasteiger partial charge in [-0.05, 0) is 31.0 Å². The van der Waals surface area contributed by atoms with E-state index in [4.69, 9.17) is 29.2 Å². The smallest absolute Gasteiger partial charge is 0.227 e. The van der Waals surface area contributed by atoms with Gasteiger partial charge in [0.1, 0.15) is 30.9 Å². The van der Waals surface area contributed by atoms with Crippen molar-refractivity contribution in [3.8, 4) is 11.4 Å². The summed E-state index contributed by atoms with van der Waals surface area (Å²) in [5.41, 5.74) is 2.61. The molecule has 4 aromatic rings. The van der Waals surface area contributed by atoms with Crippen molar-refractivity contribution in [3.05, 3.63) is 36.9 Å². The van der Waals surface area contributed by atoms with Crippen LogP contribution in [0.1, 0.15) is 12.8 Å². The first-order chi connectivity index (χ1) is 21.5. The maximum atomic E-state index is 6.19. The van der Waals surface area contributed by atoms with Crippen LogP contribution in [-0.2, 0) is 27.7 Å². The summed E-state index contributed by atoms with van der Waals surface area (Å²) in [7, 11) is -0.585. The average molecular weight is 652 g/mol. The molecule has 1 aliphatic heterocycles. The van der Waals surface area contributed by atoms with Gasteiger partial charge >= 0.3 is 0 Å². The van der Waals surface area contributed by atoms with Gasteiger partial charge in [-0.1, -0.05) is 39.3 Å². The minimum absolute atomic E-state index is 0.302. The highest BCUT2D eigenvalue weighted by molar-refractivity contribution is 6.76. The summed E-state index contributed by atoms with van der Waals surface area (Å²) in [6.45, 7) is 18.1. The highest BCUT2D eigenvalue weighted by Gasteiger charge is 2.21. The third-order valence-corrected chi connectivity index (χ3v) is 11.3. The monoisotopic (exact) mass is 651 g/mol. The van der Waals surface area contributed by atoms with Crippen LogP contribution in [0, 0.1) is 0 Å². The largest absolute Gasteiger partial charge is 0.381 e. The molecule has 4 aromatic heterocycles. The van der Waals surface area contributed by atoms with Crippen molar-refractivity contribution in [2.24, 2.45) is 0 Å². The molecule has 0 amide bonds. The lowest BCUT2D eigenvalue weighted by atomic mass is 10.1. The van der Waals surface area contributed by atoms with Crippen molar-refractivity contribution in [1.29, 1.82) is 0 Å². The lowest BCUT2D eigenvalue weighted by molar-refractivity contribution is 0.0786. The highest BCUT2D eigenvalue weighted by Crippen LogP contribution is 2.27. The Morgan fingerprint density at radius 2 is 1.60 bits per heavy atom. The quantitative estimate of drug-likeness (QED) is 0.120. The van der Waals surface area contributed by atoms with Crippen LogP contribution < -0.4 is 10.2 Å². The molecule has 5 rings (SSSR count). The standard InChI is InChI=1S/C31H49N9O3Si2/c1-41-25-9-12-38(13-10-25)31-32-11-8-28(37-31)36-29-18-26-27(20-33-29)40(23-43-15-17-45(5,6)7)30(35-26)24-19-34-39(21-24)22-42-14-16-44(2,3)4/h8,11,18-21,25H,9-10,12-17,22-23H2,1-7H3,(H,32,33,36,37). The van der Waals surface area contributed by atoms with Crippen LogP contribution in [0.15, 0.2) is 36.9 Å². The Bertz CT molecular complexity index is 1540. The summed E-state index contributed by atoms with van der Waals surface area (Å²) in [5.74, 6) is 2.84. The first-order valence-electron chi connectivity index (χ1n) is 15.9. The Morgan fingerprint density at radius 1 is 0.889 bits per heavy atom. The van der Waals surface area contributed by atoms with E-state index in [2.05, 4.69) is 64.1 Å². The molecule has 0 saturated carbocycles. The summed E-state index contributed by atoms with van der Waals surface area (Å²) in [5, 5.41) is 7.91. The first kappa shape index (κ1) is 33.2. The van der Waals surface area contributed by atoms with Gasteiger partial charge in [0, 0.05) is 68.0 Å². The molecular weight excluding hydrogens is 603 g/mol. The molecule has 0 atom stereocenters. The van der Waals surface area contributed by atoms with Gasteiger partial charge in [-0.2, -0.15) is 10.1 Å². The minimum Gasteiger partial charge on any atom is -0.381 e. The van der Waals surface area contributed by atoms with Crippen LogP contribution in [0.25, 0.3) is 22.4 Å². The van der Waals surface area contributed by atoms with E-state index in [0.717, 1.165) is 67.0 Å². The Morgan fingerprint density at radius 3 is 2.29 bits per heavy atom. The number of hydrogen-bond acceptors (Lipinski definition) is 10. The number of hydrogen-bond donors (Lipinski definition) is 1. The topological polar surface area (TPSA) is 117 Å². The van der Waals surface area contributed by atoms with Gasteiger partial charge < -0.3 is 24.4 Å². The molecule has 12 nitrogen and oxygen atoms in total. The zero-order valence-electron chi connectivity index (χ0n) is 27.9. The molecule has 5 heterocycles. The van der Waals surface area contributed by atoms with E-state index in [1.165, 1.54) is 0 Å². The average Bonchev–Trinajstić information content (AvgIpc) is 3.61. The zero-order chi connectivity index (χ0) is 32.0. The highest BCUT2D eigenvalue weighted by atomic mass is 28.3. The second-order valence-corrected chi connectivity index (χ2v) is 25.4. The van der Waals surface area contributed by atoms with Crippen LogP contribution in [0.2, 0.25) is 51.4 Å². The second-order valence-electron chi connectivity index (χ2n) is 14.2. The van der Waals surface area contributed by atoms with Gasteiger partial charge in [0.25, 0.3) is 0 Å². The molecule has 0 aliphatic carbocycles. The molecule has 1 fully saturated rings. The Labute approximate surface area is 268 Å². The normalized spacial score (nSPS) is 14.9. The number of aromatic nitrogens is 7. The predicted molar refractivity (Wildman–Crippen MR) is 185 cm³/mol. The van der Waals surface area contributed by atoms with E-state index >= 15 is 0 Å². The van der Waals surface area contributed by atoms with E-state index in [1.807, 2.05) is 35.4 Å². The maximum Gasteiger partial charge on any atom is 0.227 e. The summed E-state index contributed by atoms with van der Waals surface area (Å²) < 4.78 is 21.5. The number of methoxy groups -OCH3 is 1. The van der Waals surface area contributed by atoms with E-state index < -0.39 is 16.1 Å². The third-order valence-electron chi connectivity index (χ3n) is 7.92. The van der Waals surface area contributed by atoms with Crippen molar-refractivity contribution in [2.45, 2.75) is 83.8 Å². The van der Waals surface area contributed by atoms with Crippen LogP contribution in [0.4, 0.5) is 17.6 Å². The lowest BCUT2D eigenvalue weighted by Gasteiger charge is -2.31. The number of nitrogens with zero attached hydrogens (tertiary/aromatic N) is 8. The van der Waals surface area contributed by atoms with Gasteiger partial charge in [-0.3, -0.25) is 4.57 Å². The molecule has 45 heavy (non-hydrogen) atoms. The van der Waals surface area contributed by atoms with Crippen LogP contribution in [-0.4, -0.2) is 89.9 Å². The molecule has 0 bridgehead atoms. The van der Waals surface area contributed by atoms with Crippen molar-refractivity contribution in [2.75, 3.05) is 43.6 Å². The van der Waals surface area contributed by atoms with Gasteiger partial charge in [-0.15, -0.1) is 0 Å².